The highest BCUT2D eigenvalue weighted by molar-refractivity contribution is 14.0. The number of aromatic nitrogens is 1. The molecule has 0 saturated heterocycles. The maximum atomic E-state index is 12.9. The molecule has 0 atom stereocenters. The highest BCUT2D eigenvalue weighted by Gasteiger charge is 2.06. The van der Waals surface area contributed by atoms with Crippen LogP contribution in [0.2, 0.25) is 0 Å². The molecule has 0 bridgehead atoms. The molecule has 24 heavy (non-hydrogen) atoms. The van der Waals surface area contributed by atoms with Crippen molar-refractivity contribution in [2.24, 2.45) is 4.99 Å². The van der Waals surface area contributed by atoms with Crippen LogP contribution in [0.4, 0.5) is 10.2 Å². The molecule has 1 aromatic carbocycles. The summed E-state index contributed by atoms with van der Waals surface area (Å²) in [5.41, 5.74) is 2.08. The molecule has 0 spiro atoms. The number of hydrogen-bond acceptors (Lipinski definition) is 3. The Morgan fingerprint density at radius 2 is 1.79 bits per heavy atom. The number of hydrogen-bond donors (Lipinski definition) is 2. The van der Waals surface area contributed by atoms with Crippen LogP contribution < -0.4 is 15.5 Å². The van der Waals surface area contributed by atoms with Crippen molar-refractivity contribution >= 4 is 35.8 Å². The molecule has 2 aromatic rings. The number of anilines is 1. The molecule has 0 unspecified atom stereocenters. The van der Waals surface area contributed by atoms with Gasteiger partial charge in [-0.2, -0.15) is 0 Å². The van der Waals surface area contributed by atoms with Crippen molar-refractivity contribution < 1.29 is 4.39 Å². The number of rotatable bonds is 5. The zero-order valence-electron chi connectivity index (χ0n) is 14.1. The smallest absolute Gasteiger partial charge is 0.191 e. The first-order chi connectivity index (χ1) is 11.1. The SMILES string of the molecule is CN=C(NCc1ccc(F)cc1)NCc1cccnc1N(C)C.I. The lowest BCUT2D eigenvalue weighted by Crippen LogP contribution is -2.36. The number of aliphatic imine (C=N–C) groups is 1. The van der Waals surface area contributed by atoms with Gasteiger partial charge in [-0.25, -0.2) is 9.37 Å². The fourth-order valence-corrected chi connectivity index (χ4v) is 2.16. The van der Waals surface area contributed by atoms with Crippen molar-refractivity contribution in [1.29, 1.82) is 0 Å². The summed E-state index contributed by atoms with van der Waals surface area (Å²) in [6.07, 6.45) is 1.78. The van der Waals surface area contributed by atoms with E-state index in [2.05, 4.69) is 20.6 Å². The quantitative estimate of drug-likeness (QED) is 0.424. The molecule has 2 N–H and O–H groups in total. The zero-order chi connectivity index (χ0) is 16.7. The topological polar surface area (TPSA) is 52.6 Å². The molecule has 0 aliphatic heterocycles. The molecule has 1 heterocycles. The Morgan fingerprint density at radius 3 is 2.42 bits per heavy atom. The Balaban J connectivity index is 0.00000288. The van der Waals surface area contributed by atoms with E-state index in [1.807, 2.05) is 31.1 Å². The number of nitrogens with zero attached hydrogens (tertiary/aromatic N) is 3. The van der Waals surface area contributed by atoms with Gasteiger partial charge in [0.25, 0.3) is 0 Å². The summed E-state index contributed by atoms with van der Waals surface area (Å²) in [6, 6.07) is 10.3. The van der Waals surface area contributed by atoms with Crippen molar-refractivity contribution in [1.82, 2.24) is 15.6 Å². The lowest BCUT2D eigenvalue weighted by atomic mass is 10.2. The minimum atomic E-state index is -0.232. The number of pyridine rings is 1. The van der Waals surface area contributed by atoms with Gasteiger partial charge < -0.3 is 15.5 Å². The average Bonchev–Trinajstić information content (AvgIpc) is 2.56. The summed E-state index contributed by atoms with van der Waals surface area (Å²) in [5.74, 6) is 1.38. The van der Waals surface area contributed by atoms with E-state index in [1.165, 1.54) is 12.1 Å². The van der Waals surface area contributed by atoms with Gasteiger partial charge >= 0.3 is 0 Å². The Kier molecular flexibility index (Phi) is 8.45. The molecular weight excluding hydrogens is 420 g/mol. The van der Waals surface area contributed by atoms with Crippen LogP contribution in [0.15, 0.2) is 47.6 Å². The van der Waals surface area contributed by atoms with Gasteiger partial charge in [-0.15, -0.1) is 24.0 Å². The predicted molar refractivity (Wildman–Crippen MR) is 107 cm³/mol. The van der Waals surface area contributed by atoms with Crippen molar-refractivity contribution in [3.05, 3.63) is 59.5 Å². The monoisotopic (exact) mass is 443 g/mol. The third kappa shape index (κ3) is 5.95. The van der Waals surface area contributed by atoms with Gasteiger partial charge in [0.2, 0.25) is 0 Å². The average molecular weight is 443 g/mol. The van der Waals surface area contributed by atoms with Crippen LogP contribution in [0.25, 0.3) is 0 Å². The van der Waals surface area contributed by atoms with Crippen LogP contribution in [0.1, 0.15) is 11.1 Å². The molecule has 0 saturated carbocycles. The molecule has 0 fully saturated rings. The minimum Gasteiger partial charge on any atom is -0.362 e. The second kappa shape index (κ2) is 10.1. The largest absolute Gasteiger partial charge is 0.362 e. The number of benzene rings is 1. The van der Waals surface area contributed by atoms with Crippen molar-refractivity contribution in [2.45, 2.75) is 13.1 Å². The Hall–Kier alpha value is -1.90. The number of nitrogens with one attached hydrogen (secondary N) is 2. The highest BCUT2D eigenvalue weighted by atomic mass is 127. The second-order valence-corrected chi connectivity index (χ2v) is 5.29. The maximum absolute atomic E-state index is 12.9. The summed E-state index contributed by atoms with van der Waals surface area (Å²) in [5, 5.41) is 6.47. The van der Waals surface area contributed by atoms with Crippen LogP contribution in [-0.4, -0.2) is 32.1 Å². The first-order valence-electron chi connectivity index (χ1n) is 7.40. The molecule has 0 aliphatic carbocycles. The Labute approximate surface area is 159 Å². The van der Waals surface area contributed by atoms with Gasteiger partial charge in [0.05, 0.1) is 0 Å². The minimum absolute atomic E-state index is 0. The summed E-state index contributed by atoms with van der Waals surface area (Å²) in [4.78, 5) is 10.5. The second-order valence-electron chi connectivity index (χ2n) is 5.29. The lowest BCUT2D eigenvalue weighted by Gasteiger charge is -2.17. The van der Waals surface area contributed by atoms with Crippen LogP contribution in [0.3, 0.4) is 0 Å². The molecule has 0 aliphatic rings. The summed E-state index contributed by atoms with van der Waals surface area (Å²) < 4.78 is 12.9. The van der Waals surface area contributed by atoms with Crippen molar-refractivity contribution in [2.75, 3.05) is 26.0 Å². The first kappa shape index (κ1) is 20.1. The lowest BCUT2D eigenvalue weighted by molar-refractivity contribution is 0.626. The van der Waals surface area contributed by atoms with Crippen molar-refractivity contribution in [3.8, 4) is 0 Å². The van der Waals surface area contributed by atoms with Gasteiger partial charge in [0.1, 0.15) is 11.6 Å². The fraction of sp³-hybridized carbons (Fsp3) is 0.294. The van der Waals surface area contributed by atoms with Gasteiger partial charge in [-0.3, -0.25) is 4.99 Å². The predicted octanol–water partition coefficient (Wildman–Crippen LogP) is 2.77. The fourth-order valence-electron chi connectivity index (χ4n) is 2.16. The summed E-state index contributed by atoms with van der Waals surface area (Å²) in [6.45, 7) is 1.19. The molecule has 5 nitrogen and oxygen atoms in total. The van der Waals surface area contributed by atoms with E-state index in [1.54, 1.807) is 25.4 Å². The van der Waals surface area contributed by atoms with E-state index >= 15 is 0 Å². The van der Waals surface area contributed by atoms with E-state index in [0.29, 0.717) is 19.0 Å². The first-order valence-corrected chi connectivity index (χ1v) is 7.40. The molecular formula is C17H23FIN5. The molecule has 0 radical (unpaired) electrons. The maximum Gasteiger partial charge on any atom is 0.191 e. The Bertz CT molecular complexity index is 658. The van der Waals surface area contributed by atoms with Crippen LogP contribution in [0, 0.1) is 5.82 Å². The Morgan fingerprint density at radius 1 is 1.12 bits per heavy atom. The van der Waals surface area contributed by atoms with Crippen LogP contribution in [0.5, 0.6) is 0 Å². The van der Waals surface area contributed by atoms with Crippen LogP contribution >= 0.6 is 24.0 Å². The number of halogens is 2. The summed E-state index contributed by atoms with van der Waals surface area (Å²) >= 11 is 0. The zero-order valence-corrected chi connectivity index (χ0v) is 16.4. The standard InChI is InChI=1S/C17H22FN5.HI/c1-19-17(21-11-13-6-8-15(18)9-7-13)22-12-14-5-4-10-20-16(14)23(2)3;/h4-10H,11-12H2,1-3H3,(H2,19,21,22);1H. The highest BCUT2D eigenvalue weighted by Crippen LogP contribution is 2.13. The normalized spacial score (nSPS) is 10.8. The third-order valence-electron chi connectivity index (χ3n) is 3.33. The van der Waals surface area contributed by atoms with E-state index < -0.39 is 0 Å². The van der Waals surface area contributed by atoms with Gasteiger partial charge in [0, 0.05) is 46.0 Å². The molecule has 7 heteroatoms. The van der Waals surface area contributed by atoms with Gasteiger partial charge in [0.15, 0.2) is 5.96 Å². The van der Waals surface area contributed by atoms with Gasteiger partial charge in [-0.1, -0.05) is 18.2 Å². The number of guanidine groups is 1. The van der Waals surface area contributed by atoms with Crippen molar-refractivity contribution in [3.63, 3.8) is 0 Å². The van der Waals surface area contributed by atoms with E-state index in [4.69, 9.17) is 0 Å². The molecule has 1 aromatic heterocycles. The molecule has 2 rings (SSSR count). The summed E-state index contributed by atoms with van der Waals surface area (Å²) in [7, 11) is 5.65. The molecule has 0 amide bonds. The van der Waals surface area contributed by atoms with Gasteiger partial charge in [-0.05, 0) is 23.8 Å². The molecule has 130 valence electrons. The third-order valence-corrected chi connectivity index (χ3v) is 3.33. The van der Waals surface area contributed by atoms with E-state index in [9.17, 15) is 4.39 Å². The van der Waals surface area contributed by atoms with Crippen LogP contribution in [-0.2, 0) is 13.1 Å². The van der Waals surface area contributed by atoms with E-state index in [0.717, 1.165) is 16.9 Å². The van der Waals surface area contributed by atoms with E-state index in [-0.39, 0.29) is 29.8 Å².